The Kier molecular flexibility index (Phi) is 5.27. The monoisotopic (exact) mass is 407 g/mol. The first kappa shape index (κ1) is 19.7. The third-order valence-corrected chi connectivity index (χ3v) is 5.06. The van der Waals surface area contributed by atoms with Crippen LogP contribution in [-0.2, 0) is 6.42 Å². The van der Waals surface area contributed by atoms with Crippen LogP contribution in [0.5, 0.6) is 17.2 Å². The van der Waals surface area contributed by atoms with Gasteiger partial charge in [-0.3, -0.25) is 4.57 Å². The Balaban J connectivity index is 1.91. The number of imidazole rings is 1. The van der Waals surface area contributed by atoms with Crippen LogP contribution in [0.4, 0.5) is 4.39 Å². The number of aromatic nitrogens is 3. The Morgan fingerprint density at radius 3 is 2.33 bits per heavy atom. The van der Waals surface area contributed by atoms with Gasteiger partial charge in [0.25, 0.3) is 0 Å². The van der Waals surface area contributed by atoms with E-state index in [1.54, 1.807) is 26.6 Å². The number of hydrogen-bond donors (Lipinski definition) is 0. The van der Waals surface area contributed by atoms with Gasteiger partial charge >= 0.3 is 0 Å². The second kappa shape index (κ2) is 8.02. The second-order valence-corrected chi connectivity index (χ2v) is 6.69. The number of halogens is 1. The van der Waals surface area contributed by atoms with Crippen molar-refractivity contribution >= 4 is 11.0 Å². The Bertz CT molecular complexity index is 1220. The van der Waals surface area contributed by atoms with Crippen LogP contribution in [0.1, 0.15) is 12.5 Å². The number of nitrogens with zero attached hydrogens (tertiary/aromatic N) is 3. The third-order valence-electron chi connectivity index (χ3n) is 5.06. The number of methoxy groups -OCH3 is 3. The van der Waals surface area contributed by atoms with Gasteiger partial charge in [-0.2, -0.15) is 0 Å². The molecule has 7 heteroatoms. The summed E-state index contributed by atoms with van der Waals surface area (Å²) in [6.45, 7) is 2.06. The fourth-order valence-corrected chi connectivity index (χ4v) is 3.51. The first-order chi connectivity index (χ1) is 14.6. The molecule has 0 atom stereocenters. The molecular formula is C23H22FN3O3. The van der Waals surface area contributed by atoms with Crippen molar-refractivity contribution in [1.82, 2.24) is 14.5 Å². The van der Waals surface area contributed by atoms with Crippen molar-refractivity contribution in [3.8, 4) is 34.3 Å². The van der Waals surface area contributed by atoms with Gasteiger partial charge in [0.05, 0.1) is 38.1 Å². The van der Waals surface area contributed by atoms with Gasteiger partial charge in [0.1, 0.15) is 23.7 Å². The van der Waals surface area contributed by atoms with E-state index < -0.39 is 0 Å². The number of aryl methyl sites for hydroxylation is 1. The molecule has 0 bridgehead atoms. The van der Waals surface area contributed by atoms with E-state index in [4.69, 9.17) is 19.2 Å². The average Bonchev–Trinajstić information content (AvgIpc) is 3.20. The highest BCUT2D eigenvalue weighted by molar-refractivity contribution is 5.81. The molecule has 4 rings (SSSR count). The number of benzene rings is 2. The van der Waals surface area contributed by atoms with E-state index in [9.17, 15) is 4.39 Å². The van der Waals surface area contributed by atoms with Crippen LogP contribution < -0.4 is 14.2 Å². The van der Waals surface area contributed by atoms with Gasteiger partial charge in [-0.1, -0.05) is 13.0 Å². The minimum Gasteiger partial charge on any atom is -0.496 e. The molecule has 4 aromatic rings. The minimum absolute atomic E-state index is 0.355. The van der Waals surface area contributed by atoms with Gasteiger partial charge in [-0.15, -0.1) is 0 Å². The normalized spacial score (nSPS) is 11.0. The van der Waals surface area contributed by atoms with E-state index in [0.29, 0.717) is 23.1 Å². The van der Waals surface area contributed by atoms with Crippen LogP contribution >= 0.6 is 0 Å². The van der Waals surface area contributed by atoms with Crippen LogP contribution in [-0.4, -0.2) is 35.9 Å². The van der Waals surface area contributed by atoms with Crippen molar-refractivity contribution in [2.45, 2.75) is 13.3 Å². The predicted octanol–water partition coefficient (Wildman–Crippen LogP) is 4.81. The summed E-state index contributed by atoms with van der Waals surface area (Å²) in [7, 11) is 4.71. The molecule has 6 nitrogen and oxygen atoms in total. The Labute approximate surface area is 173 Å². The Hall–Kier alpha value is -3.61. The fourth-order valence-electron chi connectivity index (χ4n) is 3.51. The van der Waals surface area contributed by atoms with E-state index in [0.717, 1.165) is 34.3 Å². The molecule has 0 radical (unpaired) electrons. The van der Waals surface area contributed by atoms with Crippen molar-refractivity contribution in [3.05, 3.63) is 60.2 Å². The summed E-state index contributed by atoms with van der Waals surface area (Å²) in [5.41, 5.74) is 4.11. The molecule has 0 aliphatic rings. The summed E-state index contributed by atoms with van der Waals surface area (Å²) in [4.78, 5) is 9.37. The zero-order valence-electron chi connectivity index (χ0n) is 17.3. The van der Waals surface area contributed by atoms with Crippen LogP contribution in [0.3, 0.4) is 0 Å². The Morgan fingerprint density at radius 2 is 1.63 bits per heavy atom. The zero-order chi connectivity index (χ0) is 21.3. The summed E-state index contributed by atoms with van der Waals surface area (Å²) < 4.78 is 31.8. The molecule has 0 unspecified atom stereocenters. The van der Waals surface area contributed by atoms with Crippen LogP contribution in [0.15, 0.2) is 48.8 Å². The summed E-state index contributed by atoms with van der Waals surface area (Å²) in [5.74, 6) is 1.99. The van der Waals surface area contributed by atoms with Crippen molar-refractivity contribution in [2.24, 2.45) is 0 Å². The Morgan fingerprint density at radius 1 is 0.900 bits per heavy atom. The number of pyridine rings is 1. The van der Waals surface area contributed by atoms with Crippen molar-refractivity contribution in [3.63, 3.8) is 0 Å². The maximum atomic E-state index is 13.7. The van der Waals surface area contributed by atoms with Crippen LogP contribution in [0.2, 0.25) is 0 Å². The van der Waals surface area contributed by atoms with Gasteiger partial charge < -0.3 is 14.2 Å². The van der Waals surface area contributed by atoms with Gasteiger partial charge in [-0.25, -0.2) is 14.4 Å². The predicted molar refractivity (Wildman–Crippen MR) is 113 cm³/mol. The molecule has 0 aliphatic carbocycles. The smallest absolute Gasteiger partial charge is 0.163 e. The van der Waals surface area contributed by atoms with Gasteiger partial charge in [-0.05, 0) is 30.2 Å². The molecule has 2 heterocycles. The topological polar surface area (TPSA) is 58.4 Å². The highest BCUT2D eigenvalue weighted by atomic mass is 19.1. The largest absolute Gasteiger partial charge is 0.496 e. The number of fused-ring (bicyclic) bond motifs is 1. The molecule has 0 spiro atoms. The molecule has 0 amide bonds. The van der Waals surface area contributed by atoms with Crippen molar-refractivity contribution in [1.29, 1.82) is 0 Å². The minimum atomic E-state index is -0.355. The second-order valence-electron chi connectivity index (χ2n) is 6.69. The average molecular weight is 407 g/mol. The maximum Gasteiger partial charge on any atom is 0.163 e. The van der Waals surface area contributed by atoms with Crippen LogP contribution in [0, 0.1) is 5.82 Å². The molecule has 0 fully saturated rings. The molecule has 30 heavy (non-hydrogen) atoms. The summed E-state index contributed by atoms with van der Waals surface area (Å²) in [6, 6.07) is 12.1. The van der Waals surface area contributed by atoms with E-state index in [1.807, 2.05) is 28.8 Å². The quantitative estimate of drug-likeness (QED) is 0.459. The molecule has 0 saturated carbocycles. The van der Waals surface area contributed by atoms with Crippen LogP contribution in [0.25, 0.3) is 28.1 Å². The molecule has 2 aromatic heterocycles. The maximum absolute atomic E-state index is 13.7. The summed E-state index contributed by atoms with van der Waals surface area (Å²) in [6.07, 6.45) is 2.49. The number of ether oxygens (including phenoxy) is 3. The van der Waals surface area contributed by atoms with Crippen molar-refractivity contribution in [2.75, 3.05) is 21.3 Å². The number of rotatable bonds is 6. The summed E-state index contributed by atoms with van der Waals surface area (Å²) in [5, 5.41) is 0. The van der Waals surface area contributed by atoms with E-state index in [-0.39, 0.29) is 5.82 Å². The van der Waals surface area contributed by atoms with Gasteiger partial charge in [0.2, 0.25) is 0 Å². The highest BCUT2D eigenvalue weighted by Gasteiger charge is 2.16. The lowest BCUT2D eigenvalue weighted by Gasteiger charge is -2.14. The lowest BCUT2D eigenvalue weighted by molar-refractivity contribution is 0.355. The lowest BCUT2D eigenvalue weighted by Crippen LogP contribution is -2.02. The molecule has 0 aliphatic heterocycles. The molecule has 0 saturated heterocycles. The third kappa shape index (κ3) is 3.32. The highest BCUT2D eigenvalue weighted by Crippen LogP contribution is 2.35. The zero-order valence-corrected chi connectivity index (χ0v) is 17.3. The van der Waals surface area contributed by atoms with Crippen molar-refractivity contribution < 1.29 is 18.6 Å². The fraction of sp³-hybridized carbons (Fsp3) is 0.217. The number of hydrogen-bond acceptors (Lipinski definition) is 5. The molecule has 0 N–H and O–H groups in total. The SMILES string of the molecule is CCc1ccc(-n2cnc3cc(OC)c(OC)cc32)nc1-c1ccc(F)cc1OC. The standard InChI is InChI=1S/C23H22FN3O3/c1-5-14-6-9-22(26-23(14)16-8-7-15(24)10-19(16)28-2)27-13-25-17-11-20(29-3)21(30-4)12-18(17)27/h6-13H,5H2,1-4H3. The first-order valence-electron chi connectivity index (χ1n) is 9.52. The van der Waals surface area contributed by atoms with E-state index >= 15 is 0 Å². The molecule has 2 aromatic carbocycles. The summed E-state index contributed by atoms with van der Waals surface area (Å²) >= 11 is 0. The van der Waals surface area contributed by atoms with E-state index in [1.165, 1.54) is 19.2 Å². The van der Waals surface area contributed by atoms with Gasteiger partial charge in [0.15, 0.2) is 11.5 Å². The first-order valence-corrected chi connectivity index (χ1v) is 9.52. The lowest BCUT2D eigenvalue weighted by atomic mass is 10.0. The van der Waals surface area contributed by atoms with Gasteiger partial charge in [0, 0.05) is 23.8 Å². The molecule has 154 valence electrons. The van der Waals surface area contributed by atoms with E-state index in [2.05, 4.69) is 11.9 Å². The molecular weight excluding hydrogens is 385 g/mol.